The van der Waals surface area contributed by atoms with Crippen LogP contribution in [0.25, 0.3) is 6.08 Å². The highest BCUT2D eigenvalue weighted by atomic mass is 16.6. The van der Waals surface area contributed by atoms with Crippen molar-refractivity contribution in [2.75, 3.05) is 6.54 Å². The van der Waals surface area contributed by atoms with E-state index in [1.165, 1.54) is 19.9 Å². The summed E-state index contributed by atoms with van der Waals surface area (Å²) in [6.07, 6.45) is 2.73. The fraction of sp³-hybridized carbons (Fsp3) is 0.286. The number of rotatable bonds is 5. The number of benzene rings is 1. The van der Waals surface area contributed by atoms with E-state index in [1.54, 1.807) is 12.1 Å². The van der Waals surface area contributed by atoms with E-state index in [4.69, 9.17) is 0 Å². The van der Waals surface area contributed by atoms with Crippen molar-refractivity contribution in [3.8, 4) is 0 Å². The number of nitro groups is 1. The third kappa shape index (κ3) is 4.64. The van der Waals surface area contributed by atoms with Crippen LogP contribution in [0.3, 0.4) is 0 Å². The monoisotopic (exact) mass is 276 g/mol. The summed E-state index contributed by atoms with van der Waals surface area (Å²) in [5.74, 6) is -0.619. The van der Waals surface area contributed by atoms with Crippen LogP contribution in [0, 0.1) is 10.1 Å². The molecule has 0 fully saturated rings. The van der Waals surface area contributed by atoms with Crippen molar-refractivity contribution < 1.29 is 14.5 Å². The Hall–Kier alpha value is -2.50. The van der Waals surface area contributed by atoms with E-state index < -0.39 is 4.92 Å². The number of carbonyl (C=O) groups excluding carboxylic acids is 2. The molecule has 0 saturated heterocycles. The Morgan fingerprint density at radius 1 is 1.25 bits per heavy atom. The van der Waals surface area contributed by atoms with Crippen LogP contribution in [0.4, 0.5) is 0 Å². The largest absolute Gasteiger partial charge is 0.283 e. The molecule has 0 aliphatic rings. The summed E-state index contributed by atoms with van der Waals surface area (Å²) in [5, 5.41) is 10.3. The minimum atomic E-state index is -0.534. The standard InChI is InChI=1S/C14H16N2O4/c1-11(17)15(12(2)18)9-7-13-5-3-4-6-14(13)8-10-16(19)20/h3-6,8,10H,7,9H2,1-2H3/b10-8+. The summed E-state index contributed by atoms with van der Waals surface area (Å²) >= 11 is 0. The van der Waals surface area contributed by atoms with Gasteiger partial charge < -0.3 is 0 Å². The van der Waals surface area contributed by atoms with Crippen LogP contribution < -0.4 is 0 Å². The van der Waals surface area contributed by atoms with Gasteiger partial charge in [0.2, 0.25) is 18.0 Å². The molecule has 20 heavy (non-hydrogen) atoms. The van der Waals surface area contributed by atoms with E-state index in [9.17, 15) is 19.7 Å². The van der Waals surface area contributed by atoms with Crippen molar-refractivity contribution in [3.05, 3.63) is 51.7 Å². The fourth-order valence-electron chi connectivity index (χ4n) is 1.83. The Morgan fingerprint density at radius 2 is 1.85 bits per heavy atom. The lowest BCUT2D eigenvalue weighted by atomic mass is 10.0. The van der Waals surface area contributed by atoms with Crippen LogP contribution >= 0.6 is 0 Å². The van der Waals surface area contributed by atoms with Crippen molar-refractivity contribution in [2.24, 2.45) is 0 Å². The summed E-state index contributed by atoms with van der Waals surface area (Å²) in [4.78, 5) is 33.6. The molecule has 1 aromatic rings. The number of carbonyl (C=O) groups is 2. The number of hydrogen-bond acceptors (Lipinski definition) is 4. The van der Waals surface area contributed by atoms with Gasteiger partial charge in [-0.05, 0) is 17.5 Å². The van der Waals surface area contributed by atoms with Crippen molar-refractivity contribution in [2.45, 2.75) is 20.3 Å². The lowest BCUT2D eigenvalue weighted by molar-refractivity contribution is -0.400. The van der Waals surface area contributed by atoms with Crippen LogP contribution in [-0.4, -0.2) is 28.2 Å². The maximum Gasteiger partial charge on any atom is 0.235 e. The molecule has 2 amide bonds. The van der Waals surface area contributed by atoms with Gasteiger partial charge >= 0.3 is 0 Å². The van der Waals surface area contributed by atoms with Crippen LogP contribution in [-0.2, 0) is 16.0 Å². The van der Waals surface area contributed by atoms with Gasteiger partial charge in [-0.1, -0.05) is 24.3 Å². The molecule has 6 nitrogen and oxygen atoms in total. The SMILES string of the molecule is CC(=O)N(CCc1ccccc1/C=C/[N+](=O)[O-])C(C)=O. The zero-order valence-corrected chi connectivity index (χ0v) is 11.4. The lowest BCUT2D eigenvalue weighted by Gasteiger charge is -2.17. The minimum absolute atomic E-state index is 0.258. The molecule has 0 radical (unpaired) electrons. The van der Waals surface area contributed by atoms with Gasteiger partial charge in [0.15, 0.2) is 0 Å². The smallest absolute Gasteiger partial charge is 0.235 e. The van der Waals surface area contributed by atoms with Gasteiger partial charge in [-0.2, -0.15) is 0 Å². The molecule has 0 aliphatic carbocycles. The van der Waals surface area contributed by atoms with Crippen molar-refractivity contribution in [1.29, 1.82) is 0 Å². The summed E-state index contributed by atoms with van der Waals surface area (Å²) in [6, 6.07) is 7.15. The molecule has 0 bridgehead atoms. The van der Waals surface area contributed by atoms with Crippen LogP contribution in [0.1, 0.15) is 25.0 Å². The molecule has 0 saturated carbocycles. The fourth-order valence-corrected chi connectivity index (χ4v) is 1.83. The maximum atomic E-state index is 11.3. The van der Waals surface area contributed by atoms with Crippen LogP contribution in [0.15, 0.2) is 30.5 Å². The normalized spacial score (nSPS) is 10.5. The molecule has 0 aliphatic heterocycles. The Kier molecular flexibility index (Phi) is 5.58. The molecule has 0 N–H and O–H groups in total. The summed E-state index contributed by atoms with van der Waals surface area (Å²) in [6.45, 7) is 2.92. The second-order valence-electron chi connectivity index (χ2n) is 4.24. The average Bonchev–Trinajstić information content (AvgIpc) is 2.36. The Bertz CT molecular complexity index is 538. The predicted molar refractivity (Wildman–Crippen MR) is 74.2 cm³/mol. The van der Waals surface area contributed by atoms with E-state index in [0.717, 1.165) is 16.7 Å². The molecule has 1 rings (SSSR count). The van der Waals surface area contributed by atoms with Gasteiger partial charge in [-0.3, -0.25) is 24.6 Å². The Balaban J connectivity index is 2.85. The van der Waals surface area contributed by atoms with Crippen molar-refractivity contribution in [1.82, 2.24) is 4.90 Å². The quantitative estimate of drug-likeness (QED) is 0.607. The first-order chi connectivity index (χ1) is 9.41. The number of amides is 2. The maximum absolute atomic E-state index is 11.3. The van der Waals surface area contributed by atoms with E-state index in [0.29, 0.717) is 12.0 Å². The third-order valence-electron chi connectivity index (χ3n) is 2.80. The first-order valence-electron chi connectivity index (χ1n) is 6.10. The molecule has 0 atom stereocenters. The van der Waals surface area contributed by atoms with Gasteiger partial charge in [0.1, 0.15) is 0 Å². The lowest BCUT2D eigenvalue weighted by Crippen LogP contribution is -2.35. The number of hydrogen-bond donors (Lipinski definition) is 0. The minimum Gasteiger partial charge on any atom is -0.283 e. The number of nitrogens with zero attached hydrogens (tertiary/aromatic N) is 2. The highest BCUT2D eigenvalue weighted by molar-refractivity contribution is 5.92. The second-order valence-corrected chi connectivity index (χ2v) is 4.24. The van der Waals surface area contributed by atoms with Gasteiger partial charge in [0, 0.05) is 26.5 Å². The molecular formula is C14H16N2O4. The molecule has 0 aromatic heterocycles. The van der Waals surface area contributed by atoms with E-state index in [2.05, 4.69) is 0 Å². The molecule has 0 unspecified atom stereocenters. The topological polar surface area (TPSA) is 80.5 Å². The summed E-state index contributed by atoms with van der Waals surface area (Å²) in [7, 11) is 0. The summed E-state index contributed by atoms with van der Waals surface area (Å²) in [5.41, 5.74) is 1.55. The van der Waals surface area contributed by atoms with Crippen LogP contribution in [0.2, 0.25) is 0 Å². The molecule has 106 valence electrons. The van der Waals surface area contributed by atoms with Crippen molar-refractivity contribution in [3.63, 3.8) is 0 Å². The zero-order chi connectivity index (χ0) is 15.1. The van der Waals surface area contributed by atoms with Gasteiger partial charge in [0.05, 0.1) is 4.92 Å². The van der Waals surface area contributed by atoms with Gasteiger partial charge in [-0.15, -0.1) is 0 Å². The average molecular weight is 276 g/mol. The van der Waals surface area contributed by atoms with Gasteiger partial charge in [-0.25, -0.2) is 0 Å². The molecule has 1 aromatic carbocycles. The van der Waals surface area contributed by atoms with Crippen molar-refractivity contribution >= 4 is 17.9 Å². The molecular weight excluding hydrogens is 260 g/mol. The van der Waals surface area contributed by atoms with E-state index in [1.807, 2.05) is 12.1 Å². The third-order valence-corrected chi connectivity index (χ3v) is 2.80. The second kappa shape index (κ2) is 7.18. The molecule has 6 heteroatoms. The highest BCUT2D eigenvalue weighted by Crippen LogP contribution is 2.12. The summed E-state index contributed by atoms with van der Waals surface area (Å²) < 4.78 is 0. The predicted octanol–water partition coefficient (Wildman–Crippen LogP) is 1.87. The van der Waals surface area contributed by atoms with E-state index >= 15 is 0 Å². The first-order valence-corrected chi connectivity index (χ1v) is 6.10. The zero-order valence-electron chi connectivity index (χ0n) is 11.4. The first kappa shape index (κ1) is 15.6. The number of imide groups is 1. The van der Waals surface area contributed by atoms with Gasteiger partial charge in [0.25, 0.3) is 0 Å². The van der Waals surface area contributed by atoms with Crippen LogP contribution in [0.5, 0.6) is 0 Å². The Morgan fingerprint density at radius 3 is 2.40 bits per heavy atom. The molecule has 0 heterocycles. The Labute approximate surface area is 116 Å². The van der Waals surface area contributed by atoms with E-state index in [-0.39, 0.29) is 18.4 Å². The highest BCUT2D eigenvalue weighted by Gasteiger charge is 2.13. The molecule has 0 spiro atoms.